The molecule has 0 bridgehead atoms. The van der Waals surface area contributed by atoms with Crippen LogP contribution in [0.15, 0.2) is 133 Å². The maximum atomic E-state index is 2.41. The lowest BCUT2D eigenvalue weighted by Crippen LogP contribution is -1.87. The normalized spacial score (nSPS) is 11.2. The van der Waals surface area contributed by atoms with Crippen molar-refractivity contribution in [3.8, 4) is 64.7 Å². The van der Waals surface area contributed by atoms with Crippen LogP contribution in [0.3, 0.4) is 0 Å². The van der Waals surface area contributed by atoms with Gasteiger partial charge in [-0.15, -0.1) is 34.0 Å². The van der Waals surface area contributed by atoms with Crippen LogP contribution in [0.5, 0.6) is 0 Å². The molecular weight excluding hydrogens is 553 g/mol. The Hall–Kier alpha value is -4.02. The Morgan fingerprint density at radius 1 is 0.366 bits per heavy atom. The Balaban J connectivity index is 1.48. The minimum absolute atomic E-state index is 1.25. The first-order chi connectivity index (χ1) is 20.1. The van der Waals surface area contributed by atoms with Gasteiger partial charge in [0.2, 0.25) is 0 Å². The maximum absolute atomic E-state index is 2.41. The van der Waals surface area contributed by atoms with E-state index in [2.05, 4.69) is 147 Å². The first kappa shape index (κ1) is 25.9. The SMILES string of the molecule is Cc1cc(-c2ccccc2)c(-c2cc(-c3sccc3-c3ccccc3)cc(-c3sc(C)cc3-c3ccccc3)c2)s1. The van der Waals surface area contributed by atoms with Crippen molar-refractivity contribution >= 4 is 34.0 Å². The molecule has 0 aliphatic carbocycles. The van der Waals surface area contributed by atoms with Crippen LogP contribution in [0.4, 0.5) is 0 Å². The van der Waals surface area contributed by atoms with Crippen LogP contribution in [0.25, 0.3) is 64.7 Å². The number of hydrogen-bond acceptors (Lipinski definition) is 3. The van der Waals surface area contributed by atoms with Gasteiger partial charge >= 0.3 is 0 Å². The smallest absolute Gasteiger partial charge is 0.0424 e. The lowest BCUT2D eigenvalue weighted by atomic mass is 9.94. The van der Waals surface area contributed by atoms with Gasteiger partial charge in [-0.3, -0.25) is 0 Å². The van der Waals surface area contributed by atoms with Crippen LogP contribution in [-0.4, -0.2) is 0 Å². The molecule has 41 heavy (non-hydrogen) atoms. The maximum Gasteiger partial charge on any atom is 0.0424 e. The monoisotopic (exact) mass is 580 g/mol. The molecule has 0 amide bonds. The second-order valence-corrected chi connectivity index (χ2v) is 13.7. The van der Waals surface area contributed by atoms with Crippen molar-refractivity contribution in [2.45, 2.75) is 13.8 Å². The molecule has 198 valence electrons. The number of thiophene rings is 3. The summed E-state index contributed by atoms with van der Waals surface area (Å²) in [5.41, 5.74) is 11.5. The predicted octanol–water partition coefficient (Wildman–Crippen LogP) is 12.5. The summed E-state index contributed by atoms with van der Waals surface area (Å²) in [4.78, 5) is 6.60. The van der Waals surface area contributed by atoms with E-state index in [4.69, 9.17) is 0 Å². The van der Waals surface area contributed by atoms with Gasteiger partial charge in [0.15, 0.2) is 0 Å². The van der Waals surface area contributed by atoms with Gasteiger partial charge < -0.3 is 0 Å². The highest BCUT2D eigenvalue weighted by Crippen LogP contribution is 2.47. The molecule has 0 unspecified atom stereocenters. The summed E-state index contributed by atoms with van der Waals surface area (Å²) in [5, 5.41) is 2.22. The molecule has 0 aliphatic heterocycles. The van der Waals surface area contributed by atoms with Crippen LogP contribution in [-0.2, 0) is 0 Å². The van der Waals surface area contributed by atoms with E-state index in [1.165, 1.54) is 74.5 Å². The first-order valence-corrected chi connectivity index (χ1v) is 16.3. The number of benzene rings is 4. The molecule has 0 fully saturated rings. The standard InChI is InChI=1S/C38H28S3/c1-25-20-34(28-14-8-4-9-15-28)37(40-25)31-22-30(36-33(18-19-39-36)27-12-6-3-7-13-27)23-32(24-31)38-35(21-26(2)41-38)29-16-10-5-11-17-29/h3-24H,1-2H3. The second-order valence-electron chi connectivity index (χ2n) is 10.3. The topological polar surface area (TPSA) is 0 Å². The van der Waals surface area contributed by atoms with Crippen molar-refractivity contribution in [2.24, 2.45) is 0 Å². The third kappa shape index (κ3) is 5.13. The predicted molar refractivity (Wildman–Crippen MR) is 182 cm³/mol. The average Bonchev–Trinajstić information content (AvgIpc) is 3.77. The molecule has 0 saturated carbocycles. The molecule has 3 heterocycles. The lowest BCUT2D eigenvalue weighted by Gasteiger charge is -2.13. The Bertz CT molecular complexity index is 1840. The fraction of sp³-hybridized carbons (Fsp3) is 0.0526. The van der Waals surface area contributed by atoms with E-state index in [0.717, 1.165) is 0 Å². The zero-order valence-corrected chi connectivity index (χ0v) is 25.4. The van der Waals surface area contributed by atoms with Crippen molar-refractivity contribution in [1.29, 1.82) is 0 Å². The summed E-state index contributed by atoms with van der Waals surface area (Å²) in [6.45, 7) is 4.43. The van der Waals surface area contributed by atoms with E-state index in [0.29, 0.717) is 0 Å². The van der Waals surface area contributed by atoms with Gasteiger partial charge in [0.1, 0.15) is 0 Å². The molecule has 0 aliphatic rings. The molecule has 0 spiro atoms. The third-order valence-corrected chi connectivity index (χ3v) is 10.5. The van der Waals surface area contributed by atoms with Gasteiger partial charge in [-0.2, -0.15) is 0 Å². The van der Waals surface area contributed by atoms with Crippen molar-refractivity contribution in [3.05, 3.63) is 143 Å². The molecule has 0 radical (unpaired) electrons. The zero-order valence-electron chi connectivity index (χ0n) is 22.9. The van der Waals surface area contributed by atoms with Gasteiger partial charge in [-0.25, -0.2) is 0 Å². The van der Waals surface area contributed by atoms with Crippen molar-refractivity contribution in [3.63, 3.8) is 0 Å². The van der Waals surface area contributed by atoms with Gasteiger partial charge in [-0.1, -0.05) is 91.0 Å². The van der Waals surface area contributed by atoms with Gasteiger partial charge in [0.05, 0.1) is 0 Å². The molecule has 7 rings (SSSR count). The van der Waals surface area contributed by atoms with E-state index in [1.54, 1.807) is 0 Å². The molecule has 3 heteroatoms. The van der Waals surface area contributed by atoms with E-state index >= 15 is 0 Å². The molecular formula is C38H28S3. The lowest BCUT2D eigenvalue weighted by molar-refractivity contribution is 1.60. The molecule has 0 nitrogen and oxygen atoms in total. The van der Waals surface area contributed by atoms with Crippen molar-refractivity contribution in [2.75, 3.05) is 0 Å². The Morgan fingerprint density at radius 3 is 1.20 bits per heavy atom. The van der Waals surface area contributed by atoms with Gasteiger partial charge in [0.25, 0.3) is 0 Å². The molecule has 3 aromatic heterocycles. The summed E-state index contributed by atoms with van der Waals surface area (Å²) >= 11 is 5.59. The van der Waals surface area contributed by atoms with Crippen molar-refractivity contribution in [1.82, 2.24) is 0 Å². The summed E-state index contributed by atoms with van der Waals surface area (Å²) < 4.78 is 0. The third-order valence-electron chi connectivity index (χ3n) is 7.35. The average molecular weight is 581 g/mol. The van der Waals surface area contributed by atoms with Crippen LogP contribution in [0, 0.1) is 13.8 Å². The van der Waals surface area contributed by atoms with Gasteiger partial charge in [0, 0.05) is 41.1 Å². The molecule has 4 aromatic carbocycles. The summed E-state index contributed by atoms with van der Waals surface area (Å²) in [5.74, 6) is 0. The Kier molecular flexibility index (Phi) is 7.02. The van der Waals surface area contributed by atoms with E-state index in [-0.39, 0.29) is 0 Å². The molecule has 0 atom stereocenters. The molecule has 0 N–H and O–H groups in total. The minimum Gasteiger partial charge on any atom is -0.143 e. The summed E-state index contributed by atoms with van der Waals surface area (Å²) in [7, 11) is 0. The van der Waals surface area contributed by atoms with E-state index in [9.17, 15) is 0 Å². The van der Waals surface area contributed by atoms with Gasteiger partial charge in [-0.05, 0) is 89.0 Å². The Labute approximate surface area is 253 Å². The van der Waals surface area contributed by atoms with Crippen LogP contribution in [0.1, 0.15) is 9.75 Å². The molecule has 7 aromatic rings. The quantitative estimate of drug-likeness (QED) is 0.183. The number of aryl methyl sites for hydroxylation is 2. The van der Waals surface area contributed by atoms with E-state index in [1.807, 2.05) is 34.0 Å². The van der Waals surface area contributed by atoms with E-state index < -0.39 is 0 Å². The second kappa shape index (κ2) is 11.1. The van der Waals surface area contributed by atoms with Crippen LogP contribution < -0.4 is 0 Å². The highest BCUT2D eigenvalue weighted by Gasteiger charge is 2.19. The first-order valence-electron chi connectivity index (χ1n) is 13.7. The largest absolute Gasteiger partial charge is 0.143 e. The van der Waals surface area contributed by atoms with Crippen LogP contribution in [0.2, 0.25) is 0 Å². The number of rotatable bonds is 6. The zero-order chi connectivity index (χ0) is 27.8. The number of hydrogen-bond donors (Lipinski definition) is 0. The Morgan fingerprint density at radius 2 is 0.756 bits per heavy atom. The van der Waals surface area contributed by atoms with Crippen LogP contribution >= 0.6 is 34.0 Å². The fourth-order valence-electron chi connectivity index (χ4n) is 5.52. The molecule has 0 saturated heterocycles. The highest BCUT2D eigenvalue weighted by molar-refractivity contribution is 7.16. The summed E-state index contributed by atoms with van der Waals surface area (Å²) in [6.07, 6.45) is 0. The fourth-order valence-corrected chi connectivity index (χ4v) is 8.47. The minimum atomic E-state index is 1.25. The highest BCUT2D eigenvalue weighted by atomic mass is 32.1. The van der Waals surface area contributed by atoms with Crippen molar-refractivity contribution < 1.29 is 0 Å². The summed E-state index contributed by atoms with van der Waals surface area (Å²) in [6, 6.07) is 46.5.